The third-order valence-electron chi connectivity index (χ3n) is 10.2. The normalized spacial score (nSPS) is 32.0. The Morgan fingerprint density at radius 1 is 0.657 bits per heavy atom. The zero-order valence-corrected chi connectivity index (χ0v) is 22.2. The summed E-state index contributed by atoms with van der Waals surface area (Å²) in [6.45, 7) is 1.77. The van der Waals surface area contributed by atoms with Crippen molar-refractivity contribution in [3.05, 3.63) is 34.9 Å². The van der Waals surface area contributed by atoms with Crippen LogP contribution in [0.4, 0.5) is 13.2 Å². The van der Waals surface area contributed by atoms with Gasteiger partial charge >= 0.3 is 0 Å². The van der Waals surface area contributed by atoms with Crippen molar-refractivity contribution in [3.63, 3.8) is 0 Å². The minimum absolute atomic E-state index is 0.0572. The van der Waals surface area contributed by atoms with E-state index in [1.54, 1.807) is 0 Å². The second kappa shape index (κ2) is 13.5. The van der Waals surface area contributed by atoms with Gasteiger partial charge in [0.1, 0.15) is 11.6 Å². The van der Waals surface area contributed by atoms with Gasteiger partial charge < -0.3 is 0 Å². The summed E-state index contributed by atoms with van der Waals surface area (Å²) < 4.78 is 41.4. The van der Waals surface area contributed by atoms with Gasteiger partial charge in [-0.3, -0.25) is 4.39 Å². The molecule has 0 aliphatic heterocycles. The summed E-state index contributed by atoms with van der Waals surface area (Å²) in [4.78, 5) is 0. The van der Waals surface area contributed by atoms with E-state index < -0.39 is 18.3 Å². The minimum atomic E-state index is -0.535. The maximum absolute atomic E-state index is 14.5. The zero-order chi connectivity index (χ0) is 24.6. The molecule has 0 amide bonds. The molecule has 4 rings (SSSR count). The van der Waals surface area contributed by atoms with Gasteiger partial charge in [-0.15, -0.1) is 0 Å². The number of halogens is 3. The molecule has 198 valence electrons. The Labute approximate surface area is 212 Å². The van der Waals surface area contributed by atoms with E-state index in [0.29, 0.717) is 0 Å². The number of alkyl halides is 1. The van der Waals surface area contributed by atoms with Gasteiger partial charge in [0.25, 0.3) is 0 Å². The summed E-state index contributed by atoms with van der Waals surface area (Å²) in [6, 6.07) is 3.07. The molecular formula is C32H49F3. The van der Waals surface area contributed by atoms with Gasteiger partial charge in [-0.1, -0.05) is 45.4 Å². The molecule has 1 aromatic carbocycles. The van der Waals surface area contributed by atoms with Crippen molar-refractivity contribution < 1.29 is 13.2 Å². The average molecular weight is 491 g/mol. The molecule has 35 heavy (non-hydrogen) atoms. The van der Waals surface area contributed by atoms with Gasteiger partial charge in [-0.25, -0.2) is 8.78 Å². The van der Waals surface area contributed by atoms with Crippen LogP contribution in [0.1, 0.15) is 133 Å². The van der Waals surface area contributed by atoms with Gasteiger partial charge in [-0.05, 0) is 130 Å². The van der Waals surface area contributed by atoms with E-state index in [0.717, 1.165) is 48.0 Å². The van der Waals surface area contributed by atoms with Crippen LogP contribution in [0.5, 0.6) is 0 Å². The van der Waals surface area contributed by atoms with Crippen molar-refractivity contribution in [2.45, 2.75) is 128 Å². The van der Waals surface area contributed by atoms with Crippen LogP contribution in [-0.4, -0.2) is 6.67 Å². The number of unbranched alkanes of at least 4 members (excludes halogenated alkanes) is 2. The number of hydrogen-bond acceptors (Lipinski definition) is 0. The number of hydrogen-bond donors (Lipinski definition) is 0. The zero-order valence-electron chi connectivity index (χ0n) is 22.2. The van der Waals surface area contributed by atoms with Crippen LogP contribution in [0.3, 0.4) is 0 Å². The molecule has 0 radical (unpaired) electrons. The number of rotatable bonds is 10. The molecule has 0 heterocycles. The van der Waals surface area contributed by atoms with E-state index in [2.05, 4.69) is 6.92 Å². The molecular weight excluding hydrogens is 441 g/mol. The summed E-state index contributed by atoms with van der Waals surface area (Å²) in [7, 11) is 0. The first-order valence-electron chi connectivity index (χ1n) is 15.1. The maximum Gasteiger partial charge on any atom is 0.129 e. The van der Waals surface area contributed by atoms with Crippen LogP contribution >= 0.6 is 0 Å². The number of benzene rings is 1. The highest BCUT2D eigenvalue weighted by Gasteiger charge is 2.35. The molecule has 3 fully saturated rings. The van der Waals surface area contributed by atoms with E-state index >= 15 is 0 Å². The Hall–Kier alpha value is -0.990. The van der Waals surface area contributed by atoms with Crippen LogP contribution in [0.2, 0.25) is 0 Å². The molecule has 3 heteroatoms. The topological polar surface area (TPSA) is 0 Å². The Bertz CT molecular complexity index is 727. The molecule has 1 aromatic rings. The van der Waals surface area contributed by atoms with Crippen LogP contribution in [0.25, 0.3) is 0 Å². The lowest BCUT2D eigenvalue weighted by Crippen LogP contribution is -2.29. The Kier molecular flexibility index (Phi) is 10.5. The van der Waals surface area contributed by atoms with Crippen molar-refractivity contribution in [2.75, 3.05) is 6.67 Å². The highest BCUT2D eigenvalue weighted by Crippen LogP contribution is 2.47. The lowest BCUT2D eigenvalue weighted by molar-refractivity contribution is 0.108. The Morgan fingerprint density at radius 3 is 1.63 bits per heavy atom. The SMILES string of the molecule is CCCCC[C@H]1CC[C@H]([C@H]2CC[C@H](C3CCC(c4cc(F)c(CCCF)c(F)c4)CC3)CC2)CC1. The van der Waals surface area contributed by atoms with Crippen molar-refractivity contribution in [1.29, 1.82) is 0 Å². The second-order valence-electron chi connectivity index (χ2n) is 12.3. The largest absolute Gasteiger partial charge is 0.251 e. The fourth-order valence-corrected chi connectivity index (χ4v) is 7.98. The van der Waals surface area contributed by atoms with Crippen molar-refractivity contribution in [2.24, 2.45) is 29.6 Å². The molecule has 3 aliphatic rings. The maximum atomic E-state index is 14.5. The Balaban J connectivity index is 1.19. The molecule has 0 saturated heterocycles. The fraction of sp³-hybridized carbons (Fsp3) is 0.812. The molecule has 0 N–H and O–H groups in total. The van der Waals surface area contributed by atoms with Gasteiger partial charge in [-0.2, -0.15) is 0 Å². The van der Waals surface area contributed by atoms with E-state index in [9.17, 15) is 13.2 Å². The van der Waals surface area contributed by atoms with Crippen LogP contribution in [-0.2, 0) is 6.42 Å². The lowest BCUT2D eigenvalue weighted by atomic mass is 9.64. The first kappa shape index (κ1) is 27.1. The second-order valence-corrected chi connectivity index (χ2v) is 12.3. The summed E-state index contributed by atoms with van der Waals surface area (Å²) in [5.74, 6) is 3.96. The third kappa shape index (κ3) is 7.29. The molecule has 3 aliphatic carbocycles. The average Bonchev–Trinajstić information content (AvgIpc) is 2.89. The molecule has 0 spiro atoms. The van der Waals surface area contributed by atoms with E-state index in [1.807, 2.05) is 0 Å². The first-order valence-corrected chi connectivity index (χ1v) is 15.1. The fourth-order valence-electron chi connectivity index (χ4n) is 7.98. The van der Waals surface area contributed by atoms with Gasteiger partial charge in [0.15, 0.2) is 0 Å². The van der Waals surface area contributed by atoms with Crippen LogP contribution in [0, 0.1) is 41.2 Å². The highest BCUT2D eigenvalue weighted by molar-refractivity contribution is 5.29. The lowest BCUT2D eigenvalue weighted by Gasteiger charge is -2.41. The van der Waals surface area contributed by atoms with Crippen LogP contribution in [0.15, 0.2) is 12.1 Å². The van der Waals surface area contributed by atoms with Gasteiger partial charge in [0.2, 0.25) is 0 Å². The first-order chi connectivity index (χ1) is 17.1. The quantitative estimate of drug-likeness (QED) is 0.286. The molecule has 3 saturated carbocycles. The van der Waals surface area contributed by atoms with Crippen molar-refractivity contribution in [3.8, 4) is 0 Å². The smallest absolute Gasteiger partial charge is 0.129 e. The van der Waals surface area contributed by atoms with Crippen LogP contribution < -0.4 is 0 Å². The van der Waals surface area contributed by atoms with E-state index in [-0.39, 0.29) is 24.3 Å². The monoisotopic (exact) mass is 490 g/mol. The summed E-state index contributed by atoms with van der Waals surface area (Å²) in [5.41, 5.74) is 0.873. The standard InChI is InChI=1S/C32H49F3/c1-2-3-4-6-23-8-10-24(11-9-23)25-12-14-26(15-13-25)27-16-18-28(19-17-27)29-21-31(34)30(7-5-20-33)32(35)22-29/h21-28H,2-20H2,1H3/t23-,24-,25-,26-,27?,28?. The predicted molar refractivity (Wildman–Crippen MR) is 140 cm³/mol. The van der Waals surface area contributed by atoms with E-state index in [4.69, 9.17) is 0 Å². The molecule has 0 aromatic heterocycles. The minimum Gasteiger partial charge on any atom is -0.251 e. The summed E-state index contributed by atoms with van der Waals surface area (Å²) >= 11 is 0. The molecule has 0 nitrogen and oxygen atoms in total. The summed E-state index contributed by atoms with van der Waals surface area (Å²) in [5, 5.41) is 0. The predicted octanol–water partition coefficient (Wildman–Crippen LogP) is 10.3. The molecule has 0 atom stereocenters. The highest BCUT2D eigenvalue weighted by atomic mass is 19.1. The Morgan fingerprint density at radius 2 is 1.14 bits per heavy atom. The third-order valence-corrected chi connectivity index (χ3v) is 10.2. The van der Waals surface area contributed by atoms with Gasteiger partial charge in [0.05, 0.1) is 6.67 Å². The van der Waals surface area contributed by atoms with Crippen molar-refractivity contribution in [1.82, 2.24) is 0 Å². The van der Waals surface area contributed by atoms with Gasteiger partial charge in [0, 0.05) is 5.56 Å². The van der Waals surface area contributed by atoms with Crippen molar-refractivity contribution >= 4 is 0 Å². The summed E-state index contributed by atoms with van der Waals surface area (Å²) in [6.07, 6.45) is 22.1. The molecule has 0 unspecified atom stereocenters. The molecule has 0 bridgehead atoms. The van der Waals surface area contributed by atoms with E-state index in [1.165, 1.54) is 102 Å².